The first kappa shape index (κ1) is 16.1. The maximum absolute atomic E-state index is 4.85. The van der Waals surface area contributed by atoms with Crippen molar-refractivity contribution in [2.75, 3.05) is 0 Å². The highest BCUT2D eigenvalue weighted by molar-refractivity contribution is 8.05. The number of hydrogen-bond donors (Lipinski definition) is 0. The summed E-state index contributed by atoms with van der Waals surface area (Å²) in [5.74, 6) is 0.492. The average molecular weight is 344 g/mol. The number of thioether (sulfide) groups is 1. The summed E-state index contributed by atoms with van der Waals surface area (Å²) in [7, 11) is 0. The minimum atomic E-state index is 0.399. The lowest BCUT2D eigenvalue weighted by Crippen LogP contribution is -2.24. The van der Waals surface area contributed by atoms with Gasteiger partial charge in [0.25, 0.3) is 0 Å². The van der Waals surface area contributed by atoms with Crippen molar-refractivity contribution in [2.24, 2.45) is 15.9 Å². The Morgan fingerprint density at radius 2 is 2.16 bits per heavy atom. The second-order valence-electron chi connectivity index (χ2n) is 6.52. The van der Waals surface area contributed by atoms with E-state index in [9.17, 15) is 0 Å². The number of allylic oxidation sites excluding steroid dienone is 7. The van der Waals surface area contributed by atoms with E-state index in [4.69, 9.17) is 9.98 Å². The standard InChI is InChI=1S/C22H20N2S/c1-4-16-9-8-14(2)12-20(16)23-17-10-11-18-21(13-17)25-22-15(3)6-5-7-19(22)24-18/h4-13,15,22H,1H2,2-3H3/b23-17+. The van der Waals surface area contributed by atoms with E-state index in [0.717, 1.165) is 22.7 Å². The summed E-state index contributed by atoms with van der Waals surface area (Å²) in [5.41, 5.74) is 6.39. The fraction of sp³-hybridized carbons (Fsp3) is 0.182. The van der Waals surface area contributed by atoms with Crippen molar-refractivity contribution in [3.8, 4) is 0 Å². The molecule has 3 aliphatic rings. The SMILES string of the molecule is C=Cc1ccc(C)cc1/N=C1\C=CC2=NC3=CC=CC(C)C3SC2=C1. The maximum Gasteiger partial charge on any atom is 0.0770 e. The van der Waals surface area contributed by atoms with E-state index in [1.165, 1.54) is 16.2 Å². The second-order valence-corrected chi connectivity index (χ2v) is 7.70. The Morgan fingerprint density at radius 1 is 1.28 bits per heavy atom. The average Bonchev–Trinajstić information content (AvgIpc) is 2.61. The first-order valence-corrected chi connectivity index (χ1v) is 9.37. The molecule has 0 fully saturated rings. The highest BCUT2D eigenvalue weighted by Crippen LogP contribution is 2.41. The van der Waals surface area contributed by atoms with E-state index >= 15 is 0 Å². The molecule has 0 bridgehead atoms. The predicted octanol–water partition coefficient (Wildman–Crippen LogP) is 5.81. The Kier molecular flexibility index (Phi) is 4.18. The molecule has 1 heterocycles. The number of aryl methyl sites for hydroxylation is 1. The van der Waals surface area contributed by atoms with Gasteiger partial charge in [0.05, 0.1) is 28.1 Å². The molecule has 25 heavy (non-hydrogen) atoms. The molecule has 1 aromatic carbocycles. The summed E-state index contributed by atoms with van der Waals surface area (Å²) in [4.78, 5) is 10.9. The van der Waals surface area contributed by atoms with Crippen molar-refractivity contribution in [3.05, 3.63) is 83.0 Å². The van der Waals surface area contributed by atoms with Crippen LogP contribution in [0.25, 0.3) is 6.08 Å². The minimum Gasteiger partial charge on any atom is -0.251 e. The van der Waals surface area contributed by atoms with Gasteiger partial charge in [-0.25, -0.2) is 4.99 Å². The summed E-state index contributed by atoms with van der Waals surface area (Å²) >= 11 is 1.89. The third-order valence-electron chi connectivity index (χ3n) is 4.55. The number of fused-ring (bicyclic) bond motifs is 2. The third kappa shape index (κ3) is 3.12. The zero-order chi connectivity index (χ0) is 17.4. The number of aliphatic imine (C=N–C) groups is 2. The van der Waals surface area contributed by atoms with Crippen LogP contribution in [0.2, 0.25) is 0 Å². The van der Waals surface area contributed by atoms with Crippen LogP contribution in [0.1, 0.15) is 18.1 Å². The van der Waals surface area contributed by atoms with E-state index in [0.29, 0.717) is 11.2 Å². The van der Waals surface area contributed by atoms with Gasteiger partial charge in [0, 0.05) is 4.91 Å². The van der Waals surface area contributed by atoms with Crippen LogP contribution in [0, 0.1) is 12.8 Å². The van der Waals surface area contributed by atoms with Crippen LogP contribution < -0.4 is 0 Å². The summed E-state index contributed by atoms with van der Waals surface area (Å²) < 4.78 is 0. The zero-order valence-corrected chi connectivity index (χ0v) is 15.3. The molecule has 0 spiro atoms. The molecule has 0 saturated heterocycles. The van der Waals surface area contributed by atoms with Gasteiger partial charge in [0.2, 0.25) is 0 Å². The molecule has 4 rings (SSSR count). The zero-order valence-electron chi connectivity index (χ0n) is 14.4. The molecule has 2 unspecified atom stereocenters. The molecule has 1 aliphatic heterocycles. The van der Waals surface area contributed by atoms with Crippen LogP contribution in [0.15, 0.2) is 81.8 Å². The number of hydrogen-bond acceptors (Lipinski definition) is 3. The molecule has 1 aromatic rings. The maximum atomic E-state index is 4.85. The van der Waals surface area contributed by atoms with Crippen molar-refractivity contribution in [3.63, 3.8) is 0 Å². The second kappa shape index (κ2) is 6.49. The molecular weight excluding hydrogens is 324 g/mol. The Bertz CT molecular complexity index is 925. The summed E-state index contributed by atoms with van der Waals surface area (Å²) in [6.07, 6.45) is 14.6. The molecule has 0 amide bonds. The van der Waals surface area contributed by atoms with Gasteiger partial charge >= 0.3 is 0 Å². The summed E-state index contributed by atoms with van der Waals surface area (Å²) in [5, 5.41) is 0.399. The number of nitrogens with zero attached hydrogens (tertiary/aromatic N) is 2. The molecule has 3 heteroatoms. The lowest BCUT2D eigenvalue weighted by molar-refractivity contribution is 0.718. The van der Waals surface area contributed by atoms with Crippen LogP contribution in [-0.2, 0) is 0 Å². The van der Waals surface area contributed by atoms with Gasteiger partial charge in [0.1, 0.15) is 0 Å². The molecular formula is C22H20N2S. The minimum absolute atomic E-state index is 0.399. The van der Waals surface area contributed by atoms with Crippen molar-refractivity contribution >= 4 is 34.9 Å². The predicted molar refractivity (Wildman–Crippen MR) is 111 cm³/mol. The fourth-order valence-corrected chi connectivity index (χ4v) is 4.41. The molecule has 2 atom stereocenters. The van der Waals surface area contributed by atoms with E-state index in [1.54, 1.807) is 0 Å². The highest BCUT2D eigenvalue weighted by Gasteiger charge is 2.30. The molecule has 124 valence electrons. The summed E-state index contributed by atoms with van der Waals surface area (Å²) in [6, 6.07) is 6.25. The van der Waals surface area contributed by atoms with Crippen molar-refractivity contribution in [1.29, 1.82) is 0 Å². The number of benzene rings is 1. The molecule has 0 saturated carbocycles. The largest absolute Gasteiger partial charge is 0.251 e. The van der Waals surface area contributed by atoms with Gasteiger partial charge in [-0.3, -0.25) is 4.99 Å². The lowest BCUT2D eigenvalue weighted by Gasteiger charge is -2.30. The normalized spacial score (nSPS) is 25.7. The van der Waals surface area contributed by atoms with Gasteiger partial charge in [-0.15, -0.1) is 11.8 Å². The monoisotopic (exact) mass is 344 g/mol. The quantitative estimate of drug-likeness (QED) is 0.621. The Hall–Kier alpha value is -2.39. The fourth-order valence-electron chi connectivity index (χ4n) is 3.16. The van der Waals surface area contributed by atoms with Gasteiger partial charge in [-0.2, -0.15) is 0 Å². The highest BCUT2D eigenvalue weighted by atomic mass is 32.2. The van der Waals surface area contributed by atoms with Crippen LogP contribution in [0.5, 0.6) is 0 Å². The Morgan fingerprint density at radius 3 is 3.00 bits per heavy atom. The first-order chi connectivity index (χ1) is 12.1. The van der Waals surface area contributed by atoms with Crippen molar-refractivity contribution in [1.82, 2.24) is 0 Å². The Labute approximate surface area is 153 Å². The molecule has 2 nitrogen and oxygen atoms in total. The molecule has 0 N–H and O–H groups in total. The smallest absolute Gasteiger partial charge is 0.0770 e. The third-order valence-corrected chi connectivity index (χ3v) is 6.06. The van der Waals surface area contributed by atoms with Gasteiger partial charge in [-0.05, 0) is 54.3 Å². The van der Waals surface area contributed by atoms with Gasteiger partial charge in [0.15, 0.2) is 0 Å². The molecule has 0 radical (unpaired) electrons. The van der Waals surface area contributed by atoms with E-state index in [1.807, 2.05) is 23.9 Å². The Balaban J connectivity index is 1.71. The summed E-state index contributed by atoms with van der Waals surface area (Å²) in [6.45, 7) is 8.23. The van der Waals surface area contributed by atoms with Crippen LogP contribution in [0.4, 0.5) is 5.69 Å². The molecule has 0 aromatic heterocycles. The number of rotatable bonds is 2. The topological polar surface area (TPSA) is 24.7 Å². The van der Waals surface area contributed by atoms with Crippen molar-refractivity contribution < 1.29 is 0 Å². The molecule has 2 aliphatic carbocycles. The lowest BCUT2D eigenvalue weighted by atomic mass is 9.99. The van der Waals surface area contributed by atoms with Crippen LogP contribution in [0.3, 0.4) is 0 Å². The van der Waals surface area contributed by atoms with Crippen LogP contribution in [-0.4, -0.2) is 16.7 Å². The van der Waals surface area contributed by atoms with Crippen molar-refractivity contribution in [2.45, 2.75) is 19.1 Å². The first-order valence-electron chi connectivity index (χ1n) is 8.50. The van der Waals surface area contributed by atoms with Gasteiger partial charge < -0.3 is 0 Å². The van der Waals surface area contributed by atoms with E-state index < -0.39 is 0 Å². The van der Waals surface area contributed by atoms with E-state index in [-0.39, 0.29) is 0 Å². The van der Waals surface area contributed by atoms with Crippen LogP contribution >= 0.6 is 11.8 Å². The van der Waals surface area contributed by atoms with Gasteiger partial charge in [-0.1, -0.05) is 43.9 Å². The van der Waals surface area contributed by atoms with E-state index in [2.05, 4.69) is 69.0 Å².